The molecule has 1 aromatic rings. The summed E-state index contributed by atoms with van der Waals surface area (Å²) in [4.78, 5) is 0.401. The lowest BCUT2D eigenvalue weighted by molar-refractivity contribution is 0.595. The fraction of sp³-hybridized carbons (Fsp3) is 0.538. The highest BCUT2D eigenvalue weighted by Gasteiger charge is 2.16. The van der Waals surface area contributed by atoms with Crippen LogP contribution in [-0.2, 0) is 9.84 Å². The zero-order chi connectivity index (χ0) is 13.4. The van der Waals surface area contributed by atoms with Crippen LogP contribution in [0.25, 0.3) is 0 Å². The van der Waals surface area contributed by atoms with Gasteiger partial charge in [0, 0.05) is 12.4 Å². The fourth-order valence-corrected chi connectivity index (χ4v) is 3.41. The molecule has 1 rings (SSSR count). The summed E-state index contributed by atoms with van der Waals surface area (Å²) >= 11 is 5.60. The first-order valence-corrected chi connectivity index (χ1v) is 8.42. The summed E-state index contributed by atoms with van der Waals surface area (Å²) in [6, 6.07) is 7.07. The molecule has 102 valence electrons. The van der Waals surface area contributed by atoms with E-state index in [1.807, 2.05) is 19.1 Å². The minimum absolute atomic E-state index is 0.188. The van der Waals surface area contributed by atoms with Gasteiger partial charge >= 0.3 is 0 Å². The Labute approximate surface area is 114 Å². The van der Waals surface area contributed by atoms with Gasteiger partial charge in [0.2, 0.25) is 0 Å². The molecule has 0 unspecified atom stereocenters. The number of sulfone groups is 1. The molecule has 1 aromatic carbocycles. The number of hydrogen-bond acceptors (Lipinski definition) is 3. The third-order valence-corrected chi connectivity index (χ3v) is 4.81. The summed E-state index contributed by atoms with van der Waals surface area (Å²) in [6.07, 6.45) is 2.49. The number of halogens is 1. The maximum atomic E-state index is 12.1. The zero-order valence-corrected chi connectivity index (χ0v) is 12.2. The third-order valence-electron chi connectivity index (χ3n) is 2.57. The minimum Gasteiger partial charge on any atom is -0.384 e. The molecule has 0 fully saturated rings. The molecule has 0 radical (unpaired) electrons. The summed E-state index contributed by atoms with van der Waals surface area (Å²) in [7, 11) is -3.17. The first-order chi connectivity index (χ1) is 8.61. The topological polar surface area (TPSA) is 46.2 Å². The highest BCUT2D eigenvalue weighted by atomic mass is 35.5. The highest BCUT2D eigenvalue weighted by molar-refractivity contribution is 7.91. The quantitative estimate of drug-likeness (QED) is 0.590. The van der Waals surface area contributed by atoms with E-state index in [0.717, 1.165) is 19.4 Å². The van der Waals surface area contributed by atoms with E-state index in [-0.39, 0.29) is 5.75 Å². The summed E-state index contributed by atoms with van der Waals surface area (Å²) in [5.74, 6) is 0.824. The van der Waals surface area contributed by atoms with Gasteiger partial charge in [0.1, 0.15) is 0 Å². The van der Waals surface area contributed by atoms with Crippen LogP contribution < -0.4 is 5.32 Å². The number of rotatable bonds is 8. The van der Waals surface area contributed by atoms with Gasteiger partial charge in [-0.25, -0.2) is 8.42 Å². The molecule has 0 aliphatic carbocycles. The van der Waals surface area contributed by atoms with E-state index in [9.17, 15) is 8.42 Å². The number of hydrogen-bond donors (Lipinski definition) is 1. The molecular formula is C13H20ClNO2S. The molecular weight excluding hydrogens is 270 g/mol. The van der Waals surface area contributed by atoms with Gasteiger partial charge in [0.15, 0.2) is 9.84 Å². The molecule has 0 amide bonds. The number of unbranched alkanes of at least 4 members (excludes halogenated alkanes) is 1. The van der Waals surface area contributed by atoms with Gasteiger partial charge < -0.3 is 5.32 Å². The largest absolute Gasteiger partial charge is 0.384 e. The van der Waals surface area contributed by atoms with Crippen LogP contribution >= 0.6 is 11.6 Å². The predicted molar refractivity (Wildman–Crippen MR) is 77.2 cm³/mol. The van der Waals surface area contributed by atoms with Gasteiger partial charge in [-0.2, -0.15) is 0 Å². The molecule has 1 N–H and O–H groups in total. The summed E-state index contributed by atoms with van der Waals surface area (Å²) < 4.78 is 24.2. The first-order valence-electron chi connectivity index (χ1n) is 6.23. The van der Waals surface area contributed by atoms with Gasteiger partial charge in [0.25, 0.3) is 0 Å². The zero-order valence-electron chi connectivity index (χ0n) is 10.7. The summed E-state index contributed by atoms with van der Waals surface area (Å²) in [5, 5.41) is 3.17. The van der Waals surface area contributed by atoms with E-state index in [1.165, 1.54) is 0 Å². The Morgan fingerprint density at radius 2 is 1.94 bits per heavy atom. The van der Waals surface area contributed by atoms with Crippen LogP contribution in [-0.4, -0.2) is 26.6 Å². The van der Waals surface area contributed by atoms with Crippen molar-refractivity contribution >= 4 is 27.1 Å². The van der Waals surface area contributed by atoms with Gasteiger partial charge in [-0.15, -0.1) is 11.6 Å². The van der Waals surface area contributed by atoms with E-state index in [1.54, 1.807) is 12.1 Å². The lowest BCUT2D eigenvalue weighted by atomic mass is 10.3. The van der Waals surface area contributed by atoms with Gasteiger partial charge in [-0.3, -0.25) is 0 Å². The second-order valence-electron chi connectivity index (χ2n) is 4.14. The molecule has 0 aromatic heterocycles. The molecule has 5 heteroatoms. The van der Waals surface area contributed by atoms with E-state index in [4.69, 9.17) is 11.6 Å². The molecule has 18 heavy (non-hydrogen) atoms. The van der Waals surface area contributed by atoms with Crippen LogP contribution in [0.1, 0.15) is 26.2 Å². The van der Waals surface area contributed by atoms with Crippen molar-refractivity contribution in [2.45, 2.75) is 31.1 Å². The molecule has 0 saturated carbocycles. The molecule has 0 aliphatic heterocycles. The normalized spacial score (nSPS) is 11.4. The van der Waals surface area contributed by atoms with Crippen LogP contribution in [0.3, 0.4) is 0 Å². The van der Waals surface area contributed by atoms with Gasteiger partial charge in [-0.1, -0.05) is 19.1 Å². The van der Waals surface area contributed by atoms with Crippen LogP contribution in [0.4, 0.5) is 5.69 Å². The Morgan fingerprint density at radius 1 is 1.22 bits per heavy atom. The first kappa shape index (κ1) is 15.3. The monoisotopic (exact) mass is 289 g/mol. The number of nitrogens with one attached hydrogen (secondary N) is 1. The van der Waals surface area contributed by atoms with Gasteiger partial charge in [-0.05, 0) is 31.4 Å². The molecule has 3 nitrogen and oxygen atoms in total. The molecule has 0 spiro atoms. The second-order valence-corrected chi connectivity index (χ2v) is 6.59. The summed E-state index contributed by atoms with van der Waals surface area (Å²) in [5.41, 5.74) is 0.695. The Bertz CT molecular complexity index is 460. The Kier molecular flexibility index (Phi) is 6.50. The van der Waals surface area contributed by atoms with Crippen molar-refractivity contribution in [3.63, 3.8) is 0 Å². The maximum absolute atomic E-state index is 12.1. The molecule has 0 atom stereocenters. The van der Waals surface area contributed by atoms with Crippen molar-refractivity contribution in [1.29, 1.82) is 0 Å². The van der Waals surface area contributed by atoms with E-state index in [2.05, 4.69) is 5.32 Å². The highest BCUT2D eigenvalue weighted by Crippen LogP contribution is 2.22. The lowest BCUT2D eigenvalue weighted by Gasteiger charge is -2.11. The summed E-state index contributed by atoms with van der Waals surface area (Å²) in [6.45, 7) is 2.61. The lowest BCUT2D eigenvalue weighted by Crippen LogP contribution is -2.11. The molecule has 0 heterocycles. The second kappa shape index (κ2) is 7.64. The average Bonchev–Trinajstić information content (AvgIpc) is 2.35. The van der Waals surface area contributed by atoms with Crippen LogP contribution in [0.5, 0.6) is 0 Å². The number of benzene rings is 1. The Balaban J connectivity index is 2.80. The van der Waals surface area contributed by atoms with Crippen molar-refractivity contribution in [3.05, 3.63) is 24.3 Å². The smallest absolute Gasteiger partial charge is 0.180 e. The van der Waals surface area contributed by atoms with Crippen LogP contribution in [0.15, 0.2) is 29.2 Å². The van der Waals surface area contributed by atoms with Crippen molar-refractivity contribution < 1.29 is 8.42 Å². The Hall–Kier alpha value is -0.740. The molecule has 0 saturated heterocycles. The number of para-hydroxylation sites is 1. The van der Waals surface area contributed by atoms with Crippen molar-refractivity contribution in [2.75, 3.05) is 23.5 Å². The van der Waals surface area contributed by atoms with E-state index in [0.29, 0.717) is 22.9 Å². The predicted octanol–water partition coefficient (Wildman–Crippen LogP) is 3.30. The standard InChI is InChI=1S/C13H20ClNO2S/c1-2-11-18(16,17)13-8-4-3-7-12(13)15-10-6-5-9-14/h3-4,7-8,15H,2,5-6,9-11H2,1H3. The third kappa shape index (κ3) is 4.50. The number of alkyl halides is 1. The van der Waals surface area contributed by atoms with Crippen molar-refractivity contribution in [2.24, 2.45) is 0 Å². The maximum Gasteiger partial charge on any atom is 0.180 e. The number of anilines is 1. The van der Waals surface area contributed by atoms with Crippen LogP contribution in [0.2, 0.25) is 0 Å². The Morgan fingerprint density at radius 3 is 2.61 bits per heavy atom. The molecule has 0 aliphatic rings. The van der Waals surface area contributed by atoms with Crippen LogP contribution in [0, 0.1) is 0 Å². The van der Waals surface area contributed by atoms with E-state index >= 15 is 0 Å². The fourth-order valence-electron chi connectivity index (χ4n) is 1.71. The minimum atomic E-state index is -3.17. The van der Waals surface area contributed by atoms with E-state index < -0.39 is 9.84 Å². The average molecular weight is 290 g/mol. The van der Waals surface area contributed by atoms with Crippen molar-refractivity contribution in [1.82, 2.24) is 0 Å². The SMILES string of the molecule is CCCS(=O)(=O)c1ccccc1NCCCCCl. The van der Waals surface area contributed by atoms with Crippen molar-refractivity contribution in [3.8, 4) is 0 Å². The molecule has 0 bridgehead atoms. The van der Waals surface area contributed by atoms with Gasteiger partial charge in [0.05, 0.1) is 16.3 Å².